The molecule has 2 N–H and O–H groups in total. The number of fused-ring (bicyclic) bond motifs is 4. The van der Waals surface area contributed by atoms with E-state index in [1.54, 1.807) is 18.3 Å². The summed E-state index contributed by atoms with van der Waals surface area (Å²) in [6, 6.07) is 6.85. The van der Waals surface area contributed by atoms with Crippen LogP contribution in [0.4, 0.5) is 19.0 Å². The summed E-state index contributed by atoms with van der Waals surface area (Å²) in [6.07, 6.45) is 0.769. The molecule has 1 aromatic heterocycles. The largest absolute Gasteiger partial charge is 0.490 e. The highest BCUT2D eigenvalue weighted by Crippen LogP contribution is 2.55. The molecular formula is C35H39F3N4O5. The van der Waals surface area contributed by atoms with Crippen LogP contribution in [0.2, 0.25) is 0 Å². The molecule has 250 valence electrons. The first kappa shape index (κ1) is 31.5. The molecule has 2 amide bonds. The molecule has 4 atom stereocenters. The van der Waals surface area contributed by atoms with E-state index >= 15 is 0 Å². The summed E-state index contributed by atoms with van der Waals surface area (Å²) in [7, 11) is 2.03. The summed E-state index contributed by atoms with van der Waals surface area (Å²) in [4.78, 5) is 31.6. The molecule has 2 fully saturated rings. The fourth-order valence-corrected chi connectivity index (χ4v) is 7.59. The second-order valence-corrected chi connectivity index (χ2v) is 14.4. The summed E-state index contributed by atoms with van der Waals surface area (Å²) in [6.45, 7) is 8.27. The van der Waals surface area contributed by atoms with Crippen molar-refractivity contribution in [3.8, 4) is 17.2 Å². The van der Waals surface area contributed by atoms with Crippen molar-refractivity contribution in [2.75, 3.05) is 12.4 Å². The van der Waals surface area contributed by atoms with Crippen LogP contribution in [0.25, 0.3) is 0 Å². The van der Waals surface area contributed by atoms with Gasteiger partial charge in [0.1, 0.15) is 41.0 Å². The number of alkyl halides is 3. The Morgan fingerprint density at radius 1 is 1.13 bits per heavy atom. The fraction of sp³-hybridized carbons (Fsp3) is 0.514. The molecule has 1 saturated heterocycles. The van der Waals surface area contributed by atoms with Crippen molar-refractivity contribution in [1.29, 1.82) is 0 Å². The zero-order valence-corrected chi connectivity index (χ0v) is 27.0. The molecular weight excluding hydrogens is 613 g/mol. The number of likely N-dealkylation sites (tertiary alicyclic amines) is 1. The number of carbonyl (C=O) groups excluding carboxylic acids is 2. The number of hydrogen-bond donors (Lipinski definition) is 2. The number of benzene rings is 1. The second kappa shape index (κ2) is 11.0. The predicted octanol–water partition coefficient (Wildman–Crippen LogP) is 6.16. The van der Waals surface area contributed by atoms with Crippen molar-refractivity contribution >= 4 is 17.6 Å². The molecule has 0 spiro atoms. The maximum absolute atomic E-state index is 14.3. The number of nitrogens with one attached hydrogen (secondary N) is 2. The number of piperidine rings is 1. The zero-order valence-electron chi connectivity index (χ0n) is 27.0. The van der Waals surface area contributed by atoms with Crippen LogP contribution in [-0.2, 0) is 20.7 Å². The van der Waals surface area contributed by atoms with Crippen molar-refractivity contribution < 1.29 is 37.0 Å². The highest BCUT2D eigenvalue weighted by Gasteiger charge is 2.60. The molecule has 1 aromatic carbocycles. The Balaban J connectivity index is 1.02. The number of halogens is 3. The molecule has 9 nitrogen and oxygen atoms in total. The van der Waals surface area contributed by atoms with Crippen LogP contribution in [0.5, 0.6) is 17.2 Å². The van der Waals surface area contributed by atoms with Gasteiger partial charge in [0.15, 0.2) is 0 Å². The van der Waals surface area contributed by atoms with E-state index in [0.29, 0.717) is 48.7 Å². The van der Waals surface area contributed by atoms with E-state index in [1.165, 1.54) is 6.08 Å². The molecule has 2 aromatic rings. The Morgan fingerprint density at radius 2 is 1.87 bits per heavy atom. The molecule has 4 unspecified atom stereocenters. The van der Waals surface area contributed by atoms with E-state index in [0.717, 1.165) is 17.2 Å². The number of hydrogen-bond acceptors (Lipinski definition) is 7. The van der Waals surface area contributed by atoms with Crippen LogP contribution < -0.4 is 20.1 Å². The van der Waals surface area contributed by atoms with Gasteiger partial charge in [0.2, 0.25) is 11.8 Å². The van der Waals surface area contributed by atoms with E-state index in [4.69, 9.17) is 14.2 Å². The van der Waals surface area contributed by atoms with Crippen molar-refractivity contribution in [2.45, 2.75) is 101 Å². The number of amides is 2. The lowest BCUT2D eigenvalue weighted by Crippen LogP contribution is -2.60. The van der Waals surface area contributed by atoms with Gasteiger partial charge in [-0.3, -0.25) is 14.5 Å². The van der Waals surface area contributed by atoms with Crippen LogP contribution >= 0.6 is 0 Å². The minimum absolute atomic E-state index is 0.0891. The number of rotatable bonds is 6. The first-order chi connectivity index (χ1) is 22.1. The van der Waals surface area contributed by atoms with Gasteiger partial charge in [-0.15, -0.1) is 0 Å². The van der Waals surface area contributed by atoms with Gasteiger partial charge >= 0.3 is 6.18 Å². The fourth-order valence-electron chi connectivity index (χ4n) is 7.59. The van der Waals surface area contributed by atoms with Gasteiger partial charge in [-0.05, 0) is 77.9 Å². The summed E-state index contributed by atoms with van der Waals surface area (Å²) in [5.74, 6) is 0.435. The minimum atomic E-state index is -4.67. The highest BCUT2D eigenvalue weighted by molar-refractivity contribution is 5.93. The van der Waals surface area contributed by atoms with Crippen molar-refractivity contribution in [3.63, 3.8) is 0 Å². The Kier molecular flexibility index (Phi) is 7.38. The Hall–Kier alpha value is -4.06. The minimum Gasteiger partial charge on any atom is -0.490 e. The number of ether oxygens (including phenoxy) is 3. The van der Waals surface area contributed by atoms with E-state index in [1.807, 2.05) is 19.2 Å². The Labute approximate surface area is 271 Å². The quantitative estimate of drug-likeness (QED) is 0.386. The van der Waals surface area contributed by atoms with Crippen molar-refractivity contribution in [2.24, 2.45) is 5.92 Å². The van der Waals surface area contributed by atoms with Gasteiger partial charge < -0.3 is 24.8 Å². The zero-order chi connectivity index (χ0) is 33.5. The van der Waals surface area contributed by atoms with Crippen molar-refractivity contribution in [1.82, 2.24) is 15.2 Å². The highest BCUT2D eigenvalue weighted by atomic mass is 19.4. The maximum atomic E-state index is 14.3. The summed E-state index contributed by atoms with van der Waals surface area (Å²) in [5.41, 5.74) is 0.275. The summed E-state index contributed by atoms with van der Waals surface area (Å²) >= 11 is 0. The van der Waals surface area contributed by atoms with E-state index < -0.39 is 23.6 Å². The van der Waals surface area contributed by atoms with Crippen LogP contribution in [0, 0.1) is 5.92 Å². The van der Waals surface area contributed by atoms with Crippen LogP contribution in [-0.4, -0.2) is 64.2 Å². The monoisotopic (exact) mass is 652 g/mol. The summed E-state index contributed by atoms with van der Waals surface area (Å²) < 4.78 is 61.2. The number of pyridine rings is 1. The maximum Gasteiger partial charge on any atom is 0.419 e. The van der Waals surface area contributed by atoms with Crippen molar-refractivity contribution in [3.05, 3.63) is 65.1 Å². The molecule has 7 rings (SSSR count). The topological polar surface area (TPSA) is 102 Å². The predicted molar refractivity (Wildman–Crippen MR) is 167 cm³/mol. The second-order valence-electron chi connectivity index (χ2n) is 14.4. The molecule has 12 heteroatoms. The molecule has 1 saturated carbocycles. The molecule has 4 heterocycles. The third kappa shape index (κ3) is 5.85. The van der Waals surface area contributed by atoms with Crippen LogP contribution in [0.1, 0.15) is 70.4 Å². The van der Waals surface area contributed by atoms with Gasteiger partial charge in [-0.1, -0.05) is 6.08 Å². The van der Waals surface area contributed by atoms with Gasteiger partial charge in [-0.2, -0.15) is 13.2 Å². The number of allylic oxidation sites excluding steroid dienone is 2. The molecule has 47 heavy (non-hydrogen) atoms. The average Bonchev–Trinajstić information content (AvgIpc) is 3.51. The number of nitrogens with zero attached hydrogens (tertiary/aromatic N) is 2. The normalized spacial score (nSPS) is 27.6. The van der Waals surface area contributed by atoms with Crippen LogP contribution in [0.3, 0.4) is 0 Å². The van der Waals surface area contributed by atoms with Gasteiger partial charge in [0.05, 0.1) is 23.5 Å². The van der Waals surface area contributed by atoms with E-state index in [9.17, 15) is 22.8 Å². The Morgan fingerprint density at radius 3 is 2.60 bits per heavy atom. The first-order valence-corrected chi connectivity index (χ1v) is 16.1. The molecule has 0 bridgehead atoms. The summed E-state index contributed by atoms with van der Waals surface area (Å²) in [5, 5.41) is 5.70. The standard InChI is InChI=1S/C35H39F3N4O5/c1-33(2)16-20(17-34(3,4)42(33)5)46-26-9-6-18(14-23(26)35(36,37)38)32(44)41-29-28-22-15-19(7-10-24(22)47-30(28)29)45-25-12-13-39-31-21(25)8-11-27(43)40-31/h7,9-10,12-15,18,20,28-30H,6,8,11,16-17H2,1-5H3,(H,41,44)(H,39,40,43). The Bertz CT molecular complexity index is 1680. The van der Waals surface area contributed by atoms with E-state index in [2.05, 4.69) is 48.2 Å². The number of aromatic nitrogens is 1. The molecule has 3 aliphatic heterocycles. The molecule has 2 aliphatic carbocycles. The average molecular weight is 653 g/mol. The lowest BCUT2D eigenvalue weighted by Gasteiger charge is -2.53. The third-order valence-corrected chi connectivity index (χ3v) is 10.4. The van der Waals surface area contributed by atoms with Crippen LogP contribution in [0.15, 0.2) is 53.9 Å². The van der Waals surface area contributed by atoms with Gasteiger partial charge in [-0.25, -0.2) is 4.98 Å². The lowest BCUT2D eigenvalue weighted by atomic mass is 9.78. The van der Waals surface area contributed by atoms with Gasteiger partial charge in [0.25, 0.3) is 0 Å². The third-order valence-electron chi connectivity index (χ3n) is 10.4. The van der Waals surface area contributed by atoms with Gasteiger partial charge in [0, 0.05) is 47.7 Å². The number of anilines is 1. The SMILES string of the molecule is CN1C(C)(C)CC(OC2=CCC(C(=O)NC3C4Oc5ccc(Oc6ccnc7c6CCC(=O)N7)cc5C34)C=C2C(F)(F)F)CC1(C)C. The first-order valence-electron chi connectivity index (χ1n) is 16.1. The molecule has 5 aliphatic rings. The smallest absolute Gasteiger partial charge is 0.419 e. The lowest BCUT2D eigenvalue weighted by molar-refractivity contribution is -0.124. The number of carbonyl (C=O) groups is 2. The van der Waals surface area contributed by atoms with E-state index in [-0.39, 0.29) is 53.3 Å². The molecule has 0 radical (unpaired) electrons.